The maximum Gasteiger partial charge on any atom is 0.367 e. The van der Waals surface area contributed by atoms with E-state index in [1.54, 1.807) is 22.6 Å². The molecule has 0 aromatic heterocycles. The fourth-order valence-corrected chi connectivity index (χ4v) is 1.40. The van der Waals surface area contributed by atoms with Crippen LogP contribution in [0.25, 0.3) is 0 Å². The zero-order valence-corrected chi connectivity index (χ0v) is 7.76. The van der Waals surface area contributed by atoms with Gasteiger partial charge in [0.15, 0.2) is 0 Å². The summed E-state index contributed by atoms with van der Waals surface area (Å²) in [5.74, 6) is 0. The first-order valence-electron chi connectivity index (χ1n) is 3.36. The molecule has 1 N–H and O–H groups in total. The molecule has 0 spiro atoms. The Hall–Kier alpha value is 0.160. The van der Waals surface area contributed by atoms with Gasteiger partial charge in [-0.05, 0) is 25.9 Å². The summed E-state index contributed by atoms with van der Waals surface area (Å²) in [6, 6.07) is 0. The van der Waals surface area contributed by atoms with E-state index in [4.69, 9.17) is 4.74 Å². The van der Waals surface area contributed by atoms with E-state index in [-0.39, 0.29) is 10.1 Å². The van der Waals surface area contributed by atoms with Gasteiger partial charge in [0.2, 0.25) is 0 Å². The molecule has 0 aliphatic carbocycles. The summed E-state index contributed by atoms with van der Waals surface area (Å²) in [6.07, 6.45) is 2.06. The SMILES string of the molecule is O=C(I)OC1CCNCC1. The fourth-order valence-electron chi connectivity index (χ4n) is 1.04. The van der Waals surface area contributed by atoms with E-state index in [9.17, 15) is 4.79 Å². The van der Waals surface area contributed by atoms with Gasteiger partial charge in [0.1, 0.15) is 6.10 Å². The van der Waals surface area contributed by atoms with Crippen LogP contribution in [0.1, 0.15) is 12.8 Å². The summed E-state index contributed by atoms with van der Waals surface area (Å²) in [5.41, 5.74) is 0. The van der Waals surface area contributed by atoms with Crippen molar-refractivity contribution in [3.05, 3.63) is 0 Å². The van der Waals surface area contributed by atoms with Gasteiger partial charge in [0, 0.05) is 0 Å². The molecule has 10 heavy (non-hydrogen) atoms. The third kappa shape index (κ3) is 2.83. The highest BCUT2D eigenvalue weighted by molar-refractivity contribution is 14.1. The zero-order chi connectivity index (χ0) is 7.40. The Morgan fingerprint density at radius 2 is 2.10 bits per heavy atom. The van der Waals surface area contributed by atoms with E-state index < -0.39 is 0 Å². The standard InChI is InChI=1S/C6H10INO2/c7-6(9)10-5-1-3-8-4-2-5/h5,8H,1-4H2. The third-order valence-electron chi connectivity index (χ3n) is 1.55. The molecule has 0 bridgehead atoms. The summed E-state index contributed by atoms with van der Waals surface area (Å²) >= 11 is 1.66. The van der Waals surface area contributed by atoms with Crippen LogP contribution in [0.3, 0.4) is 0 Å². The second-order valence-corrected chi connectivity index (χ2v) is 3.19. The van der Waals surface area contributed by atoms with Crippen LogP contribution in [0.2, 0.25) is 0 Å². The molecule has 0 unspecified atom stereocenters. The minimum absolute atomic E-state index is 0.158. The van der Waals surface area contributed by atoms with Crippen LogP contribution < -0.4 is 5.32 Å². The van der Waals surface area contributed by atoms with Gasteiger partial charge < -0.3 is 10.1 Å². The predicted octanol–water partition coefficient (Wildman–Crippen LogP) is 1.31. The number of carbonyl (C=O) groups is 1. The smallest absolute Gasteiger partial charge is 0.367 e. The van der Waals surface area contributed by atoms with Crippen LogP contribution in [0.15, 0.2) is 0 Å². The average molecular weight is 255 g/mol. The molecule has 1 aliphatic heterocycles. The van der Waals surface area contributed by atoms with Crippen molar-refractivity contribution in [3.63, 3.8) is 0 Å². The monoisotopic (exact) mass is 255 g/mol. The van der Waals surface area contributed by atoms with Gasteiger partial charge in [-0.1, -0.05) is 0 Å². The van der Waals surface area contributed by atoms with Gasteiger partial charge >= 0.3 is 3.98 Å². The minimum atomic E-state index is -0.190. The van der Waals surface area contributed by atoms with Crippen molar-refractivity contribution >= 4 is 26.6 Å². The van der Waals surface area contributed by atoms with Crippen molar-refractivity contribution in [2.24, 2.45) is 0 Å². The highest BCUT2D eigenvalue weighted by Crippen LogP contribution is 2.09. The largest absolute Gasteiger partial charge is 0.455 e. The number of carbonyl (C=O) groups excluding carboxylic acids is 1. The van der Waals surface area contributed by atoms with Crippen molar-refractivity contribution in [2.75, 3.05) is 13.1 Å². The Bertz CT molecular complexity index is 123. The van der Waals surface area contributed by atoms with Crippen LogP contribution in [-0.4, -0.2) is 23.2 Å². The maximum absolute atomic E-state index is 10.5. The van der Waals surface area contributed by atoms with Crippen molar-refractivity contribution in [1.82, 2.24) is 5.32 Å². The summed E-state index contributed by atoms with van der Waals surface area (Å²) in [4.78, 5) is 10.5. The number of nitrogens with one attached hydrogen (secondary N) is 1. The molecule has 1 saturated heterocycles. The summed E-state index contributed by atoms with van der Waals surface area (Å²) in [5, 5.41) is 3.19. The summed E-state index contributed by atoms with van der Waals surface area (Å²) < 4.78 is 4.81. The minimum Gasteiger partial charge on any atom is -0.455 e. The molecule has 1 aliphatic rings. The highest BCUT2D eigenvalue weighted by Gasteiger charge is 2.15. The van der Waals surface area contributed by atoms with E-state index in [0.29, 0.717) is 0 Å². The molecule has 1 rings (SSSR count). The van der Waals surface area contributed by atoms with Crippen molar-refractivity contribution in [3.8, 4) is 0 Å². The van der Waals surface area contributed by atoms with Gasteiger partial charge in [-0.2, -0.15) is 0 Å². The first-order valence-corrected chi connectivity index (χ1v) is 4.44. The summed E-state index contributed by atoms with van der Waals surface area (Å²) in [6.45, 7) is 1.93. The lowest BCUT2D eigenvalue weighted by Crippen LogP contribution is -2.32. The van der Waals surface area contributed by atoms with E-state index in [0.717, 1.165) is 25.9 Å². The van der Waals surface area contributed by atoms with E-state index >= 15 is 0 Å². The lowest BCUT2D eigenvalue weighted by molar-refractivity contribution is 0.104. The Morgan fingerprint density at radius 3 is 2.60 bits per heavy atom. The number of ether oxygens (including phenoxy) is 1. The topological polar surface area (TPSA) is 38.3 Å². The predicted molar refractivity (Wildman–Crippen MR) is 46.4 cm³/mol. The van der Waals surface area contributed by atoms with Crippen LogP contribution in [0.4, 0.5) is 4.79 Å². The lowest BCUT2D eigenvalue weighted by Gasteiger charge is -2.21. The van der Waals surface area contributed by atoms with Gasteiger partial charge in [0.25, 0.3) is 0 Å². The van der Waals surface area contributed by atoms with Gasteiger partial charge in [-0.25, -0.2) is 4.79 Å². The molecular weight excluding hydrogens is 245 g/mol. The Morgan fingerprint density at radius 1 is 1.50 bits per heavy atom. The molecule has 3 nitrogen and oxygen atoms in total. The Labute approximate surface area is 73.6 Å². The molecule has 0 radical (unpaired) electrons. The molecule has 0 aromatic carbocycles. The average Bonchev–Trinajstić information content (AvgIpc) is 1.88. The fraction of sp³-hybridized carbons (Fsp3) is 0.833. The molecule has 58 valence electrons. The van der Waals surface area contributed by atoms with Crippen molar-refractivity contribution < 1.29 is 9.53 Å². The number of rotatable bonds is 1. The van der Waals surface area contributed by atoms with Crippen LogP contribution >= 0.6 is 22.6 Å². The lowest BCUT2D eigenvalue weighted by atomic mass is 10.1. The maximum atomic E-state index is 10.5. The Kier molecular flexibility index (Phi) is 3.41. The van der Waals surface area contributed by atoms with Crippen LogP contribution in [-0.2, 0) is 4.74 Å². The second-order valence-electron chi connectivity index (χ2n) is 2.30. The molecule has 0 saturated carbocycles. The van der Waals surface area contributed by atoms with Gasteiger partial charge in [0.05, 0.1) is 22.6 Å². The highest BCUT2D eigenvalue weighted by atomic mass is 127. The van der Waals surface area contributed by atoms with Gasteiger partial charge in [-0.3, -0.25) is 0 Å². The molecule has 1 heterocycles. The first kappa shape index (κ1) is 8.26. The summed E-state index contributed by atoms with van der Waals surface area (Å²) in [7, 11) is 0. The van der Waals surface area contributed by atoms with E-state index in [1.165, 1.54) is 0 Å². The molecular formula is C6H10INO2. The molecule has 4 heteroatoms. The number of hydrogen-bond acceptors (Lipinski definition) is 3. The normalized spacial score (nSPS) is 20.5. The molecule has 1 fully saturated rings. The zero-order valence-electron chi connectivity index (χ0n) is 5.60. The second kappa shape index (κ2) is 4.12. The molecule has 0 atom stereocenters. The van der Waals surface area contributed by atoms with Gasteiger partial charge in [-0.15, -0.1) is 0 Å². The van der Waals surface area contributed by atoms with E-state index in [1.807, 2.05) is 0 Å². The van der Waals surface area contributed by atoms with Crippen molar-refractivity contribution in [1.29, 1.82) is 0 Å². The number of piperidine rings is 1. The molecule has 0 aromatic rings. The number of halogens is 1. The molecule has 0 amide bonds. The van der Waals surface area contributed by atoms with Crippen molar-refractivity contribution in [2.45, 2.75) is 18.9 Å². The number of hydrogen-bond donors (Lipinski definition) is 1. The quantitative estimate of drug-likeness (QED) is 0.567. The first-order chi connectivity index (χ1) is 4.79. The van der Waals surface area contributed by atoms with E-state index in [2.05, 4.69) is 5.32 Å². The third-order valence-corrected chi connectivity index (χ3v) is 1.80. The van der Waals surface area contributed by atoms with Crippen LogP contribution in [0, 0.1) is 0 Å². The van der Waals surface area contributed by atoms with Crippen LogP contribution in [0.5, 0.6) is 0 Å². The Balaban J connectivity index is 2.19.